The molecular weight excluding hydrogens is 530 g/mol. The summed E-state index contributed by atoms with van der Waals surface area (Å²) in [6.45, 7) is 14.8. The number of amides is 1. The number of halogens is 1. The van der Waals surface area contributed by atoms with E-state index in [0.717, 1.165) is 38.5 Å². The van der Waals surface area contributed by atoms with Crippen molar-refractivity contribution >= 4 is 17.5 Å². The molecule has 1 heterocycles. The molecule has 0 aliphatic heterocycles. The van der Waals surface area contributed by atoms with Crippen molar-refractivity contribution < 1.29 is 9.90 Å². The first-order chi connectivity index (χ1) is 19.9. The molecule has 2 aromatic rings. The van der Waals surface area contributed by atoms with Gasteiger partial charge in [-0.05, 0) is 93.7 Å². The number of rotatable bonds is 8. The van der Waals surface area contributed by atoms with Crippen molar-refractivity contribution in [2.24, 2.45) is 11.7 Å². The fourth-order valence-corrected chi connectivity index (χ4v) is 5.16. The van der Waals surface area contributed by atoms with E-state index in [-0.39, 0.29) is 5.54 Å². The van der Waals surface area contributed by atoms with Crippen LogP contribution in [-0.2, 0) is 5.88 Å². The number of nitrogens with one attached hydrogen (secondary N) is 1. The van der Waals surface area contributed by atoms with Gasteiger partial charge in [0.15, 0.2) is 0 Å². The molecule has 1 amide bonds. The highest BCUT2D eigenvalue weighted by atomic mass is 35.5. The molecule has 4 N–H and O–H groups in total. The van der Waals surface area contributed by atoms with Crippen LogP contribution in [0.2, 0.25) is 0 Å². The van der Waals surface area contributed by atoms with E-state index in [2.05, 4.69) is 67.3 Å². The summed E-state index contributed by atoms with van der Waals surface area (Å²) < 4.78 is 2.52. The predicted molar refractivity (Wildman–Crippen MR) is 176 cm³/mol. The van der Waals surface area contributed by atoms with Gasteiger partial charge < -0.3 is 20.7 Å². The van der Waals surface area contributed by atoms with Gasteiger partial charge >= 0.3 is 0 Å². The van der Waals surface area contributed by atoms with Gasteiger partial charge in [0.2, 0.25) is 5.91 Å². The van der Waals surface area contributed by atoms with Crippen molar-refractivity contribution in [3.63, 3.8) is 0 Å². The van der Waals surface area contributed by atoms with E-state index < -0.39 is 5.91 Å². The van der Waals surface area contributed by atoms with Crippen LogP contribution in [0.25, 0.3) is 0 Å². The Labute approximate surface area is 255 Å². The second-order valence-corrected chi connectivity index (χ2v) is 10.2. The molecule has 4 rings (SSSR count). The number of hydrogen-bond acceptors (Lipinski definition) is 3. The summed E-state index contributed by atoms with van der Waals surface area (Å²) in [5.41, 5.74) is 9.39. The van der Waals surface area contributed by atoms with Crippen LogP contribution in [0.4, 0.5) is 0 Å². The minimum Gasteiger partial charge on any atom is -0.400 e. The largest absolute Gasteiger partial charge is 0.400 e. The van der Waals surface area contributed by atoms with Crippen LogP contribution < -0.4 is 11.1 Å². The number of nitrogens with two attached hydrogens (primary N) is 1. The third-order valence-corrected chi connectivity index (χ3v) is 7.53. The topological polar surface area (TPSA) is 80.3 Å². The van der Waals surface area contributed by atoms with Gasteiger partial charge in [-0.25, -0.2) is 0 Å². The predicted octanol–water partition coefficient (Wildman–Crippen LogP) is 7.43. The number of benzene rings is 1. The maximum atomic E-state index is 11.4. The standard InChI is InChI=1S/C27H34ClN3O.C3H6.C2H6.C2H2.CH4O/c1-3-19(2)25-23(17-28)10-14-31(25)24-8-7-21(16-24)18-30-27(12-13-27)11-9-20-5-4-6-22(15-20)26(29)32;1-3-2;3*1-2/h4-6,10,14-15,19,21,24,30H,3,7-8,12-13,16-18H2,1-2H3,(H2,29,32);3H,1H2,2H3;1-2H3;1-2H;2H,1H3. The van der Waals surface area contributed by atoms with Gasteiger partial charge in [-0.1, -0.05) is 51.7 Å². The highest BCUT2D eigenvalue weighted by Gasteiger charge is 2.41. The number of allylic oxidation sites excluding steroid dienone is 1. The Hall–Kier alpha value is -2.96. The first-order valence-electron chi connectivity index (χ1n) is 14.6. The van der Waals surface area contributed by atoms with Crippen LogP contribution >= 0.6 is 11.6 Å². The Morgan fingerprint density at radius 1 is 1.29 bits per heavy atom. The zero-order chi connectivity index (χ0) is 31.4. The number of nitrogens with zero attached hydrogens (tertiary/aromatic N) is 1. The highest BCUT2D eigenvalue weighted by molar-refractivity contribution is 6.17. The van der Waals surface area contributed by atoms with Crippen LogP contribution in [-0.4, -0.2) is 34.8 Å². The number of aliphatic hydroxyl groups excluding tert-OH is 1. The zero-order valence-corrected chi connectivity index (χ0v) is 26.8. The lowest BCUT2D eigenvalue weighted by Gasteiger charge is -2.22. The average molecular weight is 582 g/mol. The normalized spacial score (nSPS) is 18.0. The molecule has 0 spiro atoms. The summed E-state index contributed by atoms with van der Waals surface area (Å²) in [4.78, 5) is 11.4. The minimum atomic E-state index is -0.416. The van der Waals surface area contributed by atoms with E-state index >= 15 is 0 Å². The zero-order valence-electron chi connectivity index (χ0n) is 26.1. The fraction of sp³-hybridized carbons (Fsp3) is 0.514. The third-order valence-electron chi connectivity index (χ3n) is 7.25. The monoisotopic (exact) mass is 581 g/mol. The average Bonchev–Trinajstić information content (AvgIpc) is 3.41. The second-order valence-electron chi connectivity index (χ2n) is 9.98. The van der Waals surface area contributed by atoms with Gasteiger partial charge in [0.25, 0.3) is 0 Å². The summed E-state index contributed by atoms with van der Waals surface area (Å²) in [7, 11) is 1.00. The summed E-state index contributed by atoms with van der Waals surface area (Å²) in [6, 6.07) is 10.0. The number of carbonyl (C=O) groups is 1. The molecule has 2 aliphatic rings. The lowest BCUT2D eigenvalue weighted by Crippen LogP contribution is -2.33. The van der Waals surface area contributed by atoms with E-state index in [1.165, 1.54) is 30.5 Å². The number of hydrogen-bond donors (Lipinski definition) is 3. The van der Waals surface area contributed by atoms with Gasteiger partial charge in [-0.15, -0.1) is 31.0 Å². The molecule has 0 saturated heterocycles. The maximum Gasteiger partial charge on any atom is 0.248 e. The Balaban J connectivity index is 0.00000161. The van der Waals surface area contributed by atoms with E-state index in [4.69, 9.17) is 22.4 Å². The summed E-state index contributed by atoms with van der Waals surface area (Å²) in [5.74, 6) is 8.06. The van der Waals surface area contributed by atoms with Crippen LogP contribution in [0.1, 0.15) is 112 Å². The Kier molecular flexibility index (Phi) is 19.3. The van der Waals surface area contributed by atoms with Gasteiger partial charge in [-0.3, -0.25) is 4.79 Å². The molecule has 226 valence electrons. The van der Waals surface area contributed by atoms with E-state index in [1.54, 1.807) is 18.2 Å². The molecule has 3 unspecified atom stereocenters. The van der Waals surface area contributed by atoms with Crippen LogP contribution in [0.15, 0.2) is 49.2 Å². The maximum absolute atomic E-state index is 11.4. The van der Waals surface area contributed by atoms with Crippen LogP contribution in [0, 0.1) is 30.6 Å². The molecule has 1 aromatic heterocycles. The first kappa shape index (κ1) is 38.0. The Bertz CT molecular complexity index is 1120. The molecule has 41 heavy (non-hydrogen) atoms. The van der Waals surface area contributed by atoms with Crippen LogP contribution in [0.3, 0.4) is 0 Å². The van der Waals surface area contributed by atoms with Crippen LogP contribution in [0.5, 0.6) is 0 Å². The number of terminal acetylenes is 1. The third kappa shape index (κ3) is 11.8. The summed E-state index contributed by atoms with van der Waals surface area (Å²) in [6.07, 6.45) is 19.0. The van der Waals surface area contributed by atoms with E-state index in [9.17, 15) is 4.79 Å². The van der Waals surface area contributed by atoms with E-state index in [0.29, 0.717) is 29.3 Å². The first-order valence-corrected chi connectivity index (χ1v) is 15.2. The summed E-state index contributed by atoms with van der Waals surface area (Å²) >= 11 is 6.23. The molecule has 2 fully saturated rings. The van der Waals surface area contributed by atoms with Crippen molar-refractivity contribution in [3.8, 4) is 24.7 Å². The van der Waals surface area contributed by atoms with Gasteiger partial charge in [0, 0.05) is 42.0 Å². The Morgan fingerprint density at radius 2 is 1.93 bits per heavy atom. The Morgan fingerprint density at radius 3 is 2.46 bits per heavy atom. The number of carbonyl (C=O) groups excluding carboxylic acids is 1. The van der Waals surface area contributed by atoms with Gasteiger partial charge in [0.1, 0.15) is 0 Å². The lowest BCUT2D eigenvalue weighted by atomic mass is 10.0. The SMILES string of the molecule is C#C.C=CC.CC.CCC(C)c1c(CCl)ccn1C1CCC(CNC2(C#Cc3cccc(C(N)=O)c3)CC2)C1.CO. The minimum absolute atomic E-state index is 0.0675. The molecule has 6 heteroatoms. The second kappa shape index (κ2) is 20.8. The van der Waals surface area contributed by atoms with Crippen molar-refractivity contribution in [2.75, 3.05) is 13.7 Å². The van der Waals surface area contributed by atoms with Gasteiger partial charge in [-0.2, -0.15) is 0 Å². The molecule has 5 nitrogen and oxygen atoms in total. The van der Waals surface area contributed by atoms with Crippen molar-refractivity contribution in [1.29, 1.82) is 0 Å². The molecule has 1 aromatic carbocycles. The molecule has 0 bridgehead atoms. The number of primary amides is 1. The lowest BCUT2D eigenvalue weighted by molar-refractivity contribution is 0.1000. The number of alkyl halides is 1. The van der Waals surface area contributed by atoms with Crippen molar-refractivity contribution in [3.05, 3.63) is 71.6 Å². The fourth-order valence-electron chi connectivity index (χ4n) is 4.94. The smallest absolute Gasteiger partial charge is 0.248 e. The van der Waals surface area contributed by atoms with Gasteiger partial charge in [0.05, 0.1) is 5.54 Å². The molecule has 2 aliphatic carbocycles. The van der Waals surface area contributed by atoms with Crippen molar-refractivity contribution in [1.82, 2.24) is 9.88 Å². The van der Waals surface area contributed by atoms with Crippen molar-refractivity contribution in [2.45, 2.75) is 96.5 Å². The number of aliphatic hydroxyl groups is 1. The van der Waals surface area contributed by atoms with E-state index in [1.807, 2.05) is 32.9 Å². The molecular formula is C35H52ClN3O2. The number of aromatic nitrogens is 1. The highest BCUT2D eigenvalue weighted by Crippen LogP contribution is 2.40. The molecule has 0 radical (unpaired) electrons. The molecule has 3 atom stereocenters. The molecule has 2 saturated carbocycles. The summed E-state index contributed by atoms with van der Waals surface area (Å²) in [5, 5.41) is 10.8. The quantitative estimate of drug-likeness (QED) is 0.172.